The first kappa shape index (κ1) is 23.9. The SMILES string of the molecule is Cc1cc(C)c(C(=O)[P+](=O)c2c(Cl)c(Cl)c(C(=O)c3ccccc3)c(Cl)c2Cl)c(C)c1. The summed E-state index contributed by atoms with van der Waals surface area (Å²) in [4.78, 5) is 26.0. The largest absolute Gasteiger partial charge is 0.461 e. The maximum absolute atomic E-state index is 13.3. The van der Waals surface area contributed by atoms with Crippen LogP contribution < -0.4 is 5.30 Å². The fourth-order valence-corrected chi connectivity index (χ4v) is 6.41. The third kappa shape index (κ3) is 4.44. The van der Waals surface area contributed by atoms with Gasteiger partial charge in [0.25, 0.3) is 0 Å². The molecule has 0 radical (unpaired) electrons. The number of rotatable bonds is 5. The molecule has 3 rings (SSSR count). The molecule has 0 bridgehead atoms. The predicted molar refractivity (Wildman–Crippen MR) is 129 cm³/mol. The summed E-state index contributed by atoms with van der Waals surface area (Å²) in [6, 6.07) is 12.0. The van der Waals surface area contributed by atoms with E-state index in [1.807, 2.05) is 19.1 Å². The van der Waals surface area contributed by atoms with Gasteiger partial charge in [0.05, 0.1) is 21.2 Å². The Bertz CT molecular complexity index is 1200. The molecule has 3 aromatic carbocycles. The second-order valence-electron chi connectivity index (χ2n) is 7.05. The lowest BCUT2D eigenvalue weighted by Crippen LogP contribution is -2.14. The van der Waals surface area contributed by atoms with Crippen molar-refractivity contribution in [3.05, 3.63) is 95.9 Å². The normalized spacial score (nSPS) is 11.4. The molecular formula is C23H16Cl4O3P+. The van der Waals surface area contributed by atoms with E-state index >= 15 is 0 Å². The number of carbonyl (C=O) groups is 2. The summed E-state index contributed by atoms with van der Waals surface area (Å²) >= 11 is 25.5. The van der Waals surface area contributed by atoms with Crippen molar-refractivity contribution in [3.63, 3.8) is 0 Å². The Morgan fingerprint density at radius 1 is 0.742 bits per heavy atom. The molecule has 1 atom stereocenters. The maximum Gasteiger partial charge on any atom is 0.461 e. The summed E-state index contributed by atoms with van der Waals surface area (Å²) in [5.41, 5.74) is 2.27. The lowest BCUT2D eigenvalue weighted by molar-refractivity contribution is 0.103. The van der Waals surface area contributed by atoms with E-state index in [9.17, 15) is 14.2 Å². The van der Waals surface area contributed by atoms with Gasteiger partial charge in [0, 0.05) is 5.56 Å². The molecule has 1 unspecified atom stereocenters. The zero-order chi connectivity index (χ0) is 23.0. The van der Waals surface area contributed by atoms with Crippen molar-refractivity contribution in [1.82, 2.24) is 0 Å². The van der Waals surface area contributed by atoms with E-state index in [-0.39, 0.29) is 31.0 Å². The van der Waals surface area contributed by atoms with Crippen LogP contribution in [0.2, 0.25) is 20.1 Å². The zero-order valence-corrected chi connectivity index (χ0v) is 20.6. The van der Waals surface area contributed by atoms with Crippen molar-refractivity contribution in [2.45, 2.75) is 20.8 Å². The highest BCUT2D eigenvalue weighted by molar-refractivity contribution is 7.72. The molecule has 0 aliphatic rings. The fourth-order valence-electron chi connectivity index (χ4n) is 3.45. The first-order valence-corrected chi connectivity index (χ1v) is 11.9. The van der Waals surface area contributed by atoms with Crippen LogP contribution in [0.1, 0.15) is 43.0 Å². The van der Waals surface area contributed by atoms with Gasteiger partial charge in [-0.1, -0.05) is 99.0 Å². The molecule has 3 nitrogen and oxygen atoms in total. The van der Waals surface area contributed by atoms with Crippen LogP contribution in [0.25, 0.3) is 0 Å². The van der Waals surface area contributed by atoms with Gasteiger partial charge in [-0.3, -0.25) is 4.79 Å². The first-order valence-electron chi connectivity index (χ1n) is 9.11. The van der Waals surface area contributed by atoms with E-state index in [0.29, 0.717) is 22.3 Å². The van der Waals surface area contributed by atoms with Crippen LogP contribution in [0.5, 0.6) is 0 Å². The third-order valence-corrected chi connectivity index (χ3v) is 8.20. The monoisotopic (exact) mass is 511 g/mol. The number of hydrogen-bond donors (Lipinski definition) is 0. The van der Waals surface area contributed by atoms with E-state index in [4.69, 9.17) is 46.4 Å². The molecule has 0 N–H and O–H groups in total. The number of aryl methyl sites for hydroxylation is 3. The Hall–Kier alpha value is -1.74. The summed E-state index contributed by atoms with van der Waals surface area (Å²) in [5, 5.41) is -1.04. The Morgan fingerprint density at radius 3 is 1.71 bits per heavy atom. The first-order chi connectivity index (χ1) is 14.6. The summed E-state index contributed by atoms with van der Waals surface area (Å²) in [6.07, 6.45) is 0. The van der Waals surface area contributed by atoms with Crippen molar-refractivity contribution in [3.8, 4) is 0 Å². The Labute approximate surface area is 201 Å². The van der Waals surface area contributed by atoms with E-state index in [1.54, 1.807) is 44.2 Å². The molecule has 0 aliphatic carbocycles. The standard InChI is InChI=1S/C23H16Cl4O3P/c1-11-9-12(2)15(13(3)10-11)23(29)31(30)22-19(26)17(24)16(18(25)20(22)27)21(28)14-7-5-4-6-8-14/h4-10H,1-3H3/q+1. The van der Waals surface area contributed by atoms with Crippen LogP contribution in [0.3, 0.4) is 0 Å². The van der Waals surface area contributed by atoms with Gasteiger partial charge in [0.2, 0.25) is 5.30 Å². The van der Waals surface area contributed by atoms with Crippen molar-refractivity contribution in [1.29, 1.82) is 0 Å². The molecule has 0 spiro atoms. The summed E-state index contributed by atoms with van der Waals surface area (Å²) in [6.45, 7) is 5.44. The Kier molecular flexibility index (Phi) is 7.25. The fraction of sp³-hybridized carbons (Fsp3) is 0.130. The summed E-state index contributed by atoms with van der Waals surface area (Å²) in [5.74, 6) is -0.488. The molecule has 0 amide bonds. The minimum absolute atomic E-state index is 0.105. The highest BCUT2D eigenvalue weighted by Gasteiger charge is 2.42. The average molecular weight is 513 g/mol. The maximum atomic E-state index is 13.3. The number of hydrogen-bond acceptors (Lipinski definition) is 3. The molecule has 158 valence electrons. The number of benzene rings is 3. The van der Waals surface area contributed by atoms with Crippen molar-refractivity contribution in [2.75, 3.05) is 0 Å². The zero-order valence-electron chi connectivity index (χ0n) is 16.7. The van der Waals surface area contributed by atoms with E-state index in [1.165, 1.54) is 0 Å². The van der Waals surface area contributed by atoms with E-state index in [0.717, 1.165) is 5.56 Å². The van der Waals surface area contributed by atoms with Crippen molar-refractivity contribution in [2.24, 2.45) is 0 Å². The lowest BCUT2D eigenvalue weighted by atomic mass is 10.0. The molecule has 3 aromatic rings. The molecular weight excluding hydrogens is 497 g/mol. The van der Waals surface area contributed by atoms with Crippen LogP contribution in [-0.2, 0) is 4.57 Å². The van der Waals surface area contributed by atoms with Gasteiger partial charge in [-0.25, -0.2) is 4.79 Å². The molecule has 31 heavy (non-hydrogen) atoms. The smallest absolute Gasteiger partial charge is 0.288 e. The summed E-state index contributed by atoms with van der Waals surface area (Å²) < 4.78 is 13.3. The van der Waals surface area contributed by atoms with E-state index < -0.39 is 19.1 Å². The lowest BCUT2D eigenvalue weighted by Gasteiger charge is -2.11. The summed E-state index contributed by atoms with van der Waals surface area (Å²) in [7, 11) is -2.75. The minimum atomic E-state index is -2.75. The number of halogens is 4. The second kappa shape index (κ2) is 9.40. The van der Waals surface area contributed by atoms with Crippen LogP contribution in [0.4, 0.5) is 0 Å². The van der Waals surface area contributed by atoms with Gasteiger partial charge in [-0.05, 0) is 31.9 Å². The molecule has 8 heteroatoms. The van der Waals surface area contributed by atoms with Gasteiger partial charge >= 0.3 is 13.3 Å². The van der Waals surface area contributed by atoms with Crippen molar-refractivity contribution >= 4 is 70.8 Å². The Balaban J connectivity index is 2.15. The number of carbonyl (C=O) groups excluding carboxylic acids is 2. The highest BCUT2D eigenvalue weighted by Crippen LogP contribution is 2.43. The van der Waals surface area contributed by atoms with Gasteiger partial charge < -0.3 is 0 Å². The quantitative estimate of drug-likeness (QED) is 0.199. The average Bonchev–Trinajstić information content (AvgIpc) is 2.72. The molecule has 0 aromatic heterocycles. The van der Waals surface area contributed by atoms with Crippen LogP contribution in [0, 0.1) is 20.8 Å². The Morgan fingerprint density at radius 2 is 1.23 bits per heavy atom. The second-order valence-corrected chi connectivity index (χ2v) is 10.0. The van der Waals surface area contributed by atoms with Gasteiger partial charge in [0.1, 0.15) is 10.0 Å². The van der Waals surface area contributed by atoms with Crippen molar-refractivity contribution < 1.29 is 14.2 Å². The molecule has 0 saturated heterocycles. The molecule has 0 fully saturated rings. The van der Waals surface area contributed by atoms with Gasteiger partial charge in [0.15, 0.2) is 5.78 Å². The molecule has 0 heterocycles. The van der Waals surface area contributed by atoms with E-state index in [2.05, 4.69) is 0 Å². The van der Waals surface area contributed by atoms with Gasteiger partial charge in [-0.2, -0.15) is 0 Å². The highest BCUT2D eigenvalue weighted by atomic mass is 35.5. The van der Waals surface area contributed by atoms with Crippen LogP contribution >= 0.6 is 54.2 Å². The molecule has 0 saturated carbocycles. The topological polar surface area (TPSA) is 51.2 Å². The minimum Gasteiger partial charge on any atom is -0.288 e. The predicted octanol–water partition coefficient (Wildman–Crippen LogP) is 7.75. The van der Waals surface area contributed by atoms with Gasteiger partial charge in [-0.15, -0.1) is 0 Å². The van der Waals surface area contributed by atoms with Crippen LogP contribution in [0.15, 0.2) is 42.5 Å². The van der Waals surface area contributed by atoms with Crippen LogP contribution in [-0.4, -0.2) is 11.3 Å². The molecule has 0 aliphatic heterocycles. The number of ketones is 1. The third-order valence-electron chi connectivity index (χ3n) is 4.78.